The Morgan fingerprint density at radius 3 is 2.44 bits per heavy atom. The van der Waals surface area contributed by atoms with E-state index in [-0.39, 0.29) is 0 Å². The van der Waals surface area contributed by atoms with Crippen LogP contribution in [-0.2, 0) is 0 Å². The summed E-state index contributed by atoms with van der Waals surface area (Å²) >= 11 is 0. The fourth-order valence-corrected chi connectivity index (χ4v) is 2.60. The maximum atomic E-state index is 5.81. The van der Waals surface area contributed by atoms with Gasteiger partial charge in [-0.2, -0.15) is 0 Å². The van der Waals surface area contributed by atoms with Gasteiger partial charge in [-0.05, 0) is 55.7 Å². The molecule has 0 amide bonds. The average molecular weight is 219 g/mol. The molecule has 88 valence electrons. The first-order valence-corrected chi connectivity index (χ1v) is 6.08. The highest BCUT2D eigenvalue weighted by Crippen LogP contribution is 2.43. The lowest BCUT2D eigenvalue weighted by atomic mass is 9.69. The predicted octanol–water partition coefficient (Wildman–Crippen LogP) is 2.93. The minimum atomic E-state index is 0.349. The van der Waals surface area contributed by atoms with Crippen LogP contribution < -0.4 is 10.5 Å². The highest BCUT2D eigenvalue weighted by molar-refractivity contribution is 5.30. The third-order valence-corrected chi connectivity index (χ3v) is 3.53. The first kappa shape index (κ1) is 11.5. The molecule has 0 bridgehead atoms. The normalized spacial score (nSPS) is 25.9. The minimum Gasteiger partial charge on any atom is -0.497 e. The monoisotopic (exact) mass is 219 g/mol. The van der Waals surface area contributed by atoms with E-state index in [0.717, 1.165) is 17.6 Å². The van der Waals surface area contributed by atoms with E-state index in [1.54, 1.807) is 7.11 Å². The summed E-state index contributed by atoms with van der Waals surface area (Å²) in [5, 5.41) is 0. The first-order valence-electron chi connectivity index (χ1n) is 6.08. The highest BCUT2D eigenvalue weighted by atomic mass is 16.5. The van der Waals surface area contributed by atoms with Crippen LogP contribution in [0.1, 0.15) is 37.7 Å². The van der Waals surface area contributed by atoms with Crippen molar-refractivity contribution in [1.82, 2.24) is 0 Å². The Balaban J connectivity index is 1.86. The average Bonchev–Trinajstić information content (AvgIpc) is 2.23. The van der Waals surface area contributed by atoms with Crippen molar-refractivity contribution in [2.24, 2.45) is 11.7 Å². The molecule has 16 heavy (non-hydrogen) atoms. The molecule has 2 N–H and O–H groups in total. The van der Waals surface area contributed by atoms with Crippen molar-refractivity contribution in [3.63, 3.8) is 0 Å². The fourth-order valence-electron chi connectivity index (χ4n) is 2.60. The largest absolute Gasteiger partial charge is 0.497 e. The first-order chi connectivity index (χ1) is 7.69. The zero-order chi connectivity index (χ0) is 11.5. The van der Waals surface area contributed by atoms with E-state index in [0.29, 0.717) is 6.04 Å². The molecular formula is C14H21NO. The maximum Gasteiger partial charge on any atom is 0.118 e. The van der Waals surface area contributed by atoms with Crippen molar-refractivity contribution in [2.45, 2.75) is 38.1 Å². The Morgan fingerprint density at radius 2 is 1.94 bits per heavy atom. The van der Waals surface area contributed by atoms with E-state index in [2.05, 4.69) is 19.1 Å². The smallest absolute Gasteiger partial charge is 0.118 e. The van der Waals surface area contributed by atoms with Gasteiger partial charge in [0, 0.05) is 6.04 Å². The summed E-state index contributed by atoms with van der Waals surface area (Å²) in [5.41, 5.74) is 7.25. The Labute approximate surface area is 97.8 Å². The number of nitrogens with two attached hydrogens (primary N) is 1. The molecule has 2 rings (SSSR count). The number of methoxy groups -OCH3 is 1. The SMILES string of the molecule is COc1ccc(C2CC(CC(C)N)C2)cc1. The van der Waals surface area contributed by atoms with E-state index in [9.17, 15) is 0 Å². The number of hydrogen-bond acceptors (Lipinski definition) is 2. The van der Waals surface area contributed by atoms with Crippen LogP contribution in [0.2, 0.25) is 0 Å². The summed E-state index contributed by atoms with van der Waals surface area (Å²) < 4.78 is 5.16. The Kier molecular flexibility index (Phi) is 3.49. The Bertz CT molecular complexity index is 325. The zero-order valence-corrected chi connectivity index (χ0v) is 10.1. The second-order valence-corrected chi connectivity index (χ2v) is 5.02. The summed E-state index contributed by atoms with van der Waals surface area (Å²) in [6.45, 7) is 2.10. The molecule has 1 aromatic carbocycles. The van der Waals surface area contributed by atoms with Crippen LogP contribution >= 0.6 is 0 Å². The van der Waals surface area contributed by atoms with Crippen molar-refractivity contribution in [1.29, 1.82) is 0 Å². The predicted molar refractivity (Wildman–Crippen MR) is 66.7 cm³/mol. The summed E-state index contributed by atoms with van der Waals surface area (Å²) in [5.74, 6) is 2.52. The molecule has 0 aliphatic heterocycles. The van der Waals surface area contributed by atoms with Crippen LogP contribution in [0.5, 0.6) is 5.75 Å². The molecule has 1 aromatic rings. The molecular weight excluding hydrogens is 198 g/mol. The van der Waals surface area contributed by atoms with E-state index in [1.807, 2.05) is 12.1 Å². The van der Waals surface area contributed by atoms with Crippen LogP contribution in [0.15, 0.2) is 24.3 Å². The van der Waals surface area contributed by atoms with Crippen LogP contribution in [0.25, 0.3) is 0 Å². The zero-order valence-electron chi connectivity index (χ0n) is 10.1. The van der Waals surface area contributed by atoms with Crippen LogP contribution in [0.4, 0.5) is 0 Å². The van der Waals surface area contributed by atoms with E-state index < -0.39 is 0 Å². The van der Waals surface area contributed by atoms with Gasteiger partial charge in [0.1, 0.15) is 5.75 Å². The van der Waals surface area contributed by atoms with Crippen molar-refractivity contribution >= 4 is 0 Å². The molecule has 2 nitrogen and oxygen atoms in total. The van der Waals surface area contributed by atoms with Crippen molar-refractivity contribution in [2.75, 3.05) is 7.11 Å². The Morgan fingerprint density at radius 1 is 1.31 bits per heavy atom. The number of hydrogen-bond donors (Lipinski definition) is 1. The van der Waals surface area contributed by atoms with Gasteiger partial charge in [-0.3, -0.25) is 0 Å². The molecule has 1 fully saturated rings. The minimum absolute atomic E-state index is 0.349. The van der Waals surface area contributed by atoms with Crippen molar-refractivity contribution in [3.05, 3.63) is 29.8 Å². The molecule has 1 aliphatic rings. The molecule has 2 heteroatoms. The Hall–Kier alpha value is -1.02. The maximum absolute atomic E-state index is 5.81. The molecule has 0 saturated heterocycles. The van der Waals surface area contributed by atoms with Gasteiger partial charge in [-0.1, -0.05) is 12.1 Å². The molecule has 0 aromatic heterocycles. The van der Waals surface area contributed by atoms with Gasteiger partial charge in [-0.15, -0.1) is 0 Å². The second-order valence-electron chi connectivity index (χ2n) is 5.02. The molecule has 1 aliphatic carbocycles. The molecule has 1 atom stereocenters. The topological polar surface area (TPSA) is 35.2 Å². The standard InChI is InChI=1S/C14H21NO/c1-10(15)7-11-8-13(9-11)12-3-5-14(16-2)6-4-12/h3-6,10-11,13H,7-9,15H2,1-2H3. The van der Waals surface area contributed by atoms with Crippen molar-refractivity contribution in [3.8, 4) is 5.75 Å². The van der Waals surface area contributed by atoms with Gasteiger partial charge in [0.15, 0.2) is 0 Å². The van der Waals surface area contributed by atoms with Gasteiger partial charge in [0.05, 0.1) is 7.11 Å². The highest BCUT2D eigenvalue weighted by Gasteiger charge is 2.30. The van der Waals surface area contributed by atoms with Crippen LogP contribution in [-0.4, -0.2) is 13.2 Å². The number of ether oxygens (including phenoxy) is 1. The quantitative estimate of drug-likeness (QED) is 0.845. The van der Waals surface area contributed by atoms with Gasteiger partial charge in [0.2, 0.25) is 0 Å². The summed E-state index contributed by atoms with van der Waals surface area (Å²) in [6, 6.07) is 8.82. The third-order valence-electron chi connectivity index (χ3n) is 3.53. The van der Waals surface area contributed by atoms with Gasteiger partial charge in [-0.25, -0.2) is 0 Å². The molecule has 1 saturated carbocycles. The van der Waals surface area contributed by atoms with Gasteiger partial charge < -0.3 is 10.5 Å². The lowest BCUT2D eigenvalue weighted by molar-refractivity contribution is 0.236. The fraction of sp³-hybridized carbons (Fsp3) is 0.571. The number of rotatable bonds is 4. The molecule has 0 radical (unpaired) electrons. The lowest BCUT2D eigenvalue weighted by Crippen LogP contribution is -2.28. The molecule has 1 unspecified atom stereocenters. The van der Waals surface area contributed by atoms with Crippen LogP contribution in [0, 0.1) is 5.92 Å². The van der Waals surface area contributed by atoms with Crippen LogP contribution in [0.3, 0.4) is 0 Å². The van der Waals surface area contributed by atoms with Gasteiger partial charge in [0.25, 0.3) is 0 Å². The second kappa shape index (κ2) is 4.88. The lowest BCUT2D eigenvalue weighted by Gasteiger charge is -2.36. The van der Waals surface area contributed by atoms with E-state index >= 15 is 0 Å². The summed E-state index contributed by atoms with van der Waals surface area (Å²) in [6.07, 6.45) is 3.77. The van der Waals surface area contributed by atoms with Gasteiger partial charge >= 0.3 is 0 Å². The number of benzene rings is 1. The molecule has 0 heterocycles. The summed E-state index contributed by atoms with van der Waals surface area (Å²) in [7, 11) is 1.71. The summed E-state index contributed by atoms with van der Waals surface area (Å²) in [4.78, 5) is 0. The van der Waals surface area contributed by atoms with Crippen molar-refractivity contribution < 1.29 is 4.74 Å². The molecule has 0 spiro atoms. The third kappa shape index (κ3) is 2.56. The van der Waals surface area contributed by atoms with E-state index in [1.165, 1.54) is 24.8 Å². The van der Waals surface area contributed by atoms with E-state index in [4.69, 9.17) is 10.5 Å².